The Kier molecular flexibility index (Phi) is 3.25. The summed E-state index contributed by atoms with van der Waals surface area (Å²) < 4.78 is 15.4. The molecule has 3 heterocycles. The lowest BCUT2D eigenvalue weighted by Gasteiger charge is -2.29. The third kappa shape index (κ3) is 2.34. The van der Waals surface area contributed by atoms with Crippen molar-refractivity contribution in [2.75, 3.05) is 11.4 Å². The zero-order valence-corrected chi connectivity index (χ0v) is 13.1. The molecule has 2 aromatic heterocycles. The van der Waals surface area contributed by atoms with Crippen LogP contribution in [0.3, 0.4) is 0 Å². The fraction of sp³-hybridized carbons (Fsp3) is 0.353. The molecule has 2 unspecified atom stereocenters. The summed E-state index contributed by atoms with van der Waals surface area (Å²) in [7, 11) is 0. The summed E-state index contributed by atoms with van der Waals surface area (Å²) >= 11 is 0. The Bertz CT molecular complexity index is 859. The van der Waals surface area contributed by atoms with Gasteiger partial charge in [0, 0.05) is 18.3 Å². The van der Waals surface area contributed by atoms with Crippen molar-refractivity contribution in [1.29, 1.82) is 0 Å². The van der Waals surface area contributed by atoms with Gasteiger partial charge in [0.25, 0.3) is 5.78 Å². The molecular formula is C17H18FN5. The van der Waals surface area contributed by atoms with Gasteiger partial charge in [-0.1, -0.05) is 19.1 Å². The largest absolute Gasteiger partial charge is 0.349 e. The van der Waals surface area contributed by atoms with E-state index in [2.05, 4.69) is 26.9 Å². The first-order valence-corrected chi connectivity index (χ1v) is 7.83. The molecule has 0 radical (unpaired) electrons. The summed E-state index contributed by atoms with van der Waals surface area (Å²) in [5, 5.41) is 4.30. The minimum atomic E-state index is -0.196. The predicted molar refractivity (Wildman–Crippen MR) is 85.8 cm³/mol. The molecule has 1 aromatic carbocycles. The van der Waals surface area contributed by atoms with Crippen LogP contribution in [-0.2, 0) is 0 Å². The van der Waals surface area contributed by atoms with Crippen LogP contribution in [0.5, 0.6) is 0 Å². The smallest absolute Gasteiger partial charge is 0.254 e. The lowest BCUT2D eigenvalue weighted by atomic mass is 9.95. The number of rotatable bonds is 2. The average molecular weight is 311 g/mol. The number of anilines is 1. The molecule has 6 heteroatoms. The van der Waals surface area contributed by atoms with Crippen LogP contribution in [0.4, 0.5) is 10.2 Å². The molecule has 1 saturated heterocycles. The molecule has 1 fully saturated rings. The lowest BCUT2D eigenvalue weighted by molar-refractivity contribution is 0.524. The van der Waals surface area contributed by atoms with Crippen LogP contribution in [0.1, 0.15) is 30.6 Å². The average Bonchev–Trinajstić information content (AvgIpc) is 3.12. The van der Waals surface area contributed by atoms with E-state index in [0.717, 1.165) is 30.0 Å². The van der Waals surface area contributed by atoms with Crippen molar-refractivity contribution in [3.63, 3.8) is 0 Å². The Morgan fingerprint density at radius 2 is 2.13 bits per heavy atom. The SMILES string of the molecule is Cc1cc(N2CCC(C)C2c2cccc(F)c2)n2ncnc2n1. The van der Waals surface area contributed by atoms with Gasteiger partial charge in [-0.2, -0.15) is 14.6 Å². The standard InChI is InChI=1S/C17H18FN5/c1-11-6-7-22(16(11)13-4-3-5-14(18)9-13)15-8-12(2)21-17-19-10-20-23(15)17/h3-5,8-11,16H,6-7H2,1-2H3. The Morgan fingerprint density at radius 3 is 2.96 bits per heavy atom. The van der Waals surface area contributed by atoms with E-state index in [1.807, 2.05) is 19.1 Å². The molecule has 2 atom stereocenters. The summed E-state index contributed by atoms with van der Waals surface area (Å²) in [5.74, 6) is 1.79. The number of hydrogen-bond donors (Lipinski definition) is 0. The fourth-order valence-electron chi connectivity index (χ4n) is 3.52. The topological polar surface area (TPSA) is 46.3 Å². The fourth-order valence-corrected chi connectivity index (χ4v) is 3.52. The Labute approximate surface area is 133 Å². The molecule has 0 amide bonds. The minimum Gasteiger partial charge on any atom is -0.349 e. The van der Waals surface area contributed by atoms with Crippen molar-refractivity contribution < 1.29 is 4.39 Å². The van der Waals surface area contributed by atoms with Crippen molar-refractivity contribution in [3.8, 4) is 0 Å². The van der Waals surface area contributed by atoms with Gasteiger partial charge in [-0.15, -0.1) is 0 Å². The van der Waals surface area contributed by atoms with Crippen LogP contribution in [-0.4, -0.2) is 26.1 Å². The lowest BCUT2D eigenvalue weighted by Crippen LogP contribution is -2.27. The molecular weight excluding hydrogens is 293 g/mol. The highest BCUT2D eigenvalue weighted by Gasteiger charge is 2.34. The highest BCUT2D eigenvalue weighted by molar-refractivity contribution is 5.50. The van der Waals surface area contributed by atoms with Crippen LogP contribution in [0.2, 0.25) is 0 Å². The Balaban J connectivity index is 1.84. The molecule has 1 aliphatic rings. The number of fused-ring (bicyclic) bond motifs is 1. The van der Waals surface area contributed by atoms with Crippen LogP contribution < -0.4 is 4.90 Å². The van der Waals surface area contributed by atoms with Crippen molar-refractivity contribution in [2.45, 2.75) is 26.3 Å². The van der Waals surface area contributed by atoms with Crippen LogP contribution in [0.25, 0.3) is 5.78 Å². The van der Waals surface area contributed by atoms with E-state index in [1.54, 1.807) is 16.6 Å². The molecule has 4 rings (SSSR count). The van der Waals surface area contributed by atoms with Crippen molar-refractivity contribution in [3.05, 3.63) is 53.7 Å². The Hall–Kier alpha value is -2.50. The van der Waals surface area contributed by atoms with Crippen molar-refractivity contribution >= 4 is 11.6 Å². The quantitative estimate of drug-likeness (QED) is 0.729. The second-order valence-corrected chi connectivity index (χ2v) is 6.19. The van der Waals surface area contributed by atoms with E-state index in [0.29, 0.717) is 11.7 Å². The monoisotopic (exact) mass is 311 g/mol. The number of aromatic nitrogens is 4. The third-order valence-electron chi connectivity index (χ3n) is 4.55. The highest BCUT2D eigenvalue weighted by atomic mass is 19.1. The maximum absolute atomic E-state index is 13.7. The molecule has 0 aliphatic carbocycles. The predicted octanol–water partition coefficient (Wildman–Crippen LogP) is 3.16. The van der Waals surface area contributed by atoms with Gasteiger partial charge in [0.1, 0.15) is 18.0 Å². The van der Waals surface area contributed by atoms with E-state index in [-0.39, 0.29) is 11.9 Å². The maximum atomic E-state index is 13.7. The summed E-state index contributed by atoms with van der Waals surface area (Å²) in [6.07, 6.45) is 2.57. The summed E-state index contributed by atoms with van der Waals surface area (Å²) in [6.45, 7) is 5.07. The van der Waals surface area contributed by atoms with Gasteiger partial charge in [-0.25, -0.2) is 9.37 Å². The van der Waals surface area contributed by atoms with Gasteiger partial charge in [0.05, 0.1) is 6.04 Å². The number of benzene rings is 1. The van der Waals surface area contributed by atoms with Crippen LogP contribution in [0.15, 0.2) is 36.7 Å². The van der Waals surface area contributed by atoms with Gasteiger partial charge in [0.2, 0.25) is 0 Å². The van der Waals surface area contributed by atoms with Crippen molar-refractivity contribution in [1.82, 2.24) is 19.6 Å². The second kappa shape index (κ2) is 5.30. The molecule has 0 saturated carbocycles. The van der Waals surface area contributed by atoms with Crippen molar-refractivity contribution in [2.24, 2.45) is 5.92 Å². The van der Waals surface area contributed by atoms with Crippen LogP contribution >= 0.6 is 0 Å². The zero-order chi connectivity index (χ0) is 16.0. The first kappa shape index (κ1) is 14.1. The van der Waals surface area contributed by atoms with Gasteiger partial charge >= 0.3 is 0 Å². The second-order valence-electron chi connectivity index (χ2n) is 6.19. The molecule has 0 bridgehead atoms. The van der Waals surface area contributed by atoms with E-state index in [9.17, 15) is 4.39 Å². The maximum Gasteiger partial charge on any atom is 0.254 e. The van der Waals surface area contributed by atoms with Crippen LogP contribution in [0, 0.1) is 18.7 Å². The molecule has 3 aromatic rings. The number of hydrogen-bond acceptors (Lipinski definition) is 4. The summed E-state index contributed by atoms with van der Waals surface area (Å²) in [6, 6.07) is 9.03. The molecule has 23 heavy (non-hydrogen) atoms. The number of nitrogens with zero attached hydrogens (tertiary/aromatic N) is 5. The summed E-state index contributed by atoms with van der Waals surface area (Å²) in [4.78, 5) is 10.9. The molecule has 0 spiro atoms. The Morgan fingerprint density at radius 1 is 1.26 bits per heavy atom. The molecule has 118 valence electrons. The van der Waals surface area contributed by atoms with E-state index < -0.39 is 0 Å². The molecule has 5 nitrogen and oxygen atoms in total. The minimum absolute atomic E-state index is 0.125. The highest BCUT2D eigenvalue weighted by Crippen LogP contribution is 2.40. The van der Waals surface area contributed by atoms with Gasteiger partial charge in [-0.3, -0.25) is 0 Å². The third-order valence-corrected chi connectivity index (χ3v) is 4.55. The summed E-state index contributed by atoms with van der Waals surface area (Å²) in [5.41, 5.74) is 1.90. The normalized spacial score (nSPS) is 21.3. The van der Waals surface area contributed by atoms with Gasteiger partial charge < -0.3 is 4.90 Å². The molecule has 0 N–H and O–H groups in total. The first-order chi connectivity index (χ1) is 11.1. The van der Waals surface area contributed by atoms with E-state index in [1.165, 1.54) is 12.4 Å². The van der Waals surface area contributed by atoms with E-state index in [4.69, 9.17) is 0 Å². The molecule has 1 aliphatic heterocycles. The van der Waals surface area contributed by atoms with Gasteiger partial charge in [0.15, 0.2) is 0 Å². The van der Waals surface area contributed by atoms with E-state index >= 15 is 0 Å². The zero-order valence-electron chi connectivity index (χ0n) is 13.1. The number of aryl methyl sites for hydroxylation is 1. The number of halogens is 1. The first-order valence-electron chi connectivity index (χ1n) is 7.83. The van der Waals surface area contributed by atoms with Gasteiger partial charge in [-0.05, 0) is 37.0 Å².